The summed E-state index contributed by atoms with van der Waals surface area (Å²) in [5, 5.41) is 3.22. The molecular weight excluding hydrogens is 248 g/mol. The Labute approximate surface area is 123 Å². The van der Waals surface area contributed by atoms with Crippen LogP contribution in [0.1, 0.15) is 64.2 Å². The van der Waals surface area contributed by atoms with Crippen LogP contribution in [-0.2, 0) is 4.79 Å². The van der Waals surface area contributed by atoms with Gasteiger partial charge in [0.15, 0.2) is 0 Å². The second-order valence-electron chi connectivity index (χ2n) is 7.50. The normalized spacial score (nSPS) is 41.1. The van der Waals surface area contributed by atoms with Crippen molar-refractivity contribution in [1.29, 1.82) is 0 Å². The van der Waals surface area contributed by atoms with Gasteiger partial charge in [0.05, 0.1) is 0 Å². The van der Waals surface area contributed by atoms with Gasteiger partial charge in [0.1, 0.15) is 0 Å². The van der Waals surface area contributed by atoms with Gasteiger partial charge in [0.25, 0.3) is 0 Å². The summed E-state index contributed by atoms with van der Waals surface area (Å²) in [5.74, 6) is 3.02. The molecule has 0 heterocycles. The van der Waals surface area contributed by atoms with Gasteiger partial charge in [-0.2, -0.15) is 0 Å². The van der Waals surface area contributed by atoms with E-state index in [2.05, 4.69) is 5.32 Å². The second kappa shape index (κ2) is 6.46. The first kappa shape index (κ1) is 14.4. The van der Waals surface area contributed by atoms with Crippen molar-refractivity contribution in [2.75, 3.05) is 6.54 Å². The summed E-state index contributed by atoms with van der Waals surface area (Å²) in [6, 6.07) is 0.370. The zero-order valence-electron chi connectivity index (χ0n) is 12.7. The van der Waals surface area contributed by atoms with Crippen LogP contribution in [0.25, 0.3) is 0 Å². The lowest BCUT2D eigenvalue weighted by atomic mass is 9.67. The molecule has 3 heteroatoms. The molecule has 3 rings (SSSR count). The van der Waals surface area contributed by atoms with E-state index in [4.69, 9.17) is 5.73 Å². The van der Waals surface area contributed by atoms with Gasteiger partial charge in [0, 0.05) is 18.5 Å². The maximum absolute atomic E-state index is 12.4. The zero-order chi connectivity index (χ0) is 13.9. The Morgan fingerprint density at radius 1 is 0.950 bits per heavy atom. The summed E-state index contributed by atoms with van der Waals surface area (Å²) >= 11 is 0. The van der Waals surface area contributed by atoms with Crippen molar-refractivity contribution in [2.45, 2.75) is 70.3 Å². The molecular formula is C17H30N2O. The highest BCUT2D eigenvalue weighted by atomic mass is 16.1. The Hall–Kier alpha value is -0.570. The van der Waals surface area contributed by atoms with Crippen molar-refractivity contribution >= 4 is 5.91 Å². The predicted octanol–water partition coefficient (Wildman–Crippen LogP) is 2.84. The molecule has 3 nitrogen and oxygen atoms in total. The average Bonchev–Trinajstić information content (AvgIpc) is 2.90. The summed E-state index contributed by atoms with van der Waals surface area (Å²) < 4.78 is 0. The van der Waals surface area contributed by atoms with E-state index in [-0.39, 0.29) is 0 Å². The van der Waals surface area contributed by atoms with Crippen LogP contribution in [0.3, 0.4) is 0 Å². The van der Waals surface area contributed by atoms with Crippen molar-refractivity contribution in [3.8, 4) is 0 Å². The predicted molar refractivity (Wildman–Crippen MR) is 81.1 cm³/mol. The molecule has 0 spiro atoms. The van der Waals surface area contributed by atoms with Crippen LogP contribution in [0.4, 0.5) is 0 Å². The summed E-state index contributed by atoms with van der Waals surface area (Å²) in [7, 11) is 0. The minimum atomic E-state index is 0.296. The Balaban J connectivity index is 1.43. The Morgan fingerprint density at radius 2 is 1.75 bits per heavy atom. The highest BCUT2D eigenvalue weighted by Gasteiger charge is 2.35. The molecule has 0 aromatic heterocycles. The standard InChI is InChI=1S/C17H30N2O/c18-16-8-5-12(9-16)11-19-17(20)15-7-6-13-3-1-2-4-14(13)10-15/h12-16H,1-11,18H2,(H,19,20). The summed E-state index contributed by atoms with van der Waals surface area (Å²) in [5.41, 5.74) is 5.93. The van der Waals surface area contributed by atoms with Crippen LogP contribution in [0, 0.1) is 23.7 Å². The maximum atomic E-state index is 12.4. The van der Waals surface area contributed by atoms with Crippen molar-refractivity contribution in [1.82, 2.24) is 5.32 Å². The number of hydrogen-bond donors (Lipinski definition) is 2. The van der Waals surface area contributed by atoms with E-state index in [9.17, 15) is 4.79 Å². The Kier molecular flexibility index (Phi) is 4.65. The minimum Gasteiger partial charge on any atom is -0.356 e. The second-order valence-corrected chi connectivity index (χ2v) is 7.50. The van der Waals surface area contributed by atoms with E-state index in [1.54, 1.807) is 0 Å². The Morgan fingerprint density at radius 3 is 2.50 bits per heavy atom. The molecule has 5 atom stereocenters. The fraction of sp³-hybridized carbons (Fsp3) is 0.941. The fourth-order valence-corrected chi connectivity index (χ4v) is 4.80. The van der Waals surface area contributed by atoms with E-state index in [0.29, 0.717) is 23.8 Å². The van der Waals surface area contributed by atoms with Gasteiger partial charge in [0.2, 0.25) is 5.91 Å². The third-order valence-corrected chi connectivity index (χ3v) is 6.06. The SMILES string of the molecule is NC1CCC(CNC(=O)C2CCC3CCCCC3C2)C1. The monoisotopic (exact) mass is 278 g/mol. The summed E-state index contributed by atoms with van der Waals surface area (Å²) in [6.45, 7) is 0.858. The number of nitrogens with one attached hydrogen (secondary N) is 1. The van der Waals surface area contributed by atoms with Gasteiger partial charge in [-0.1, -0.05) is 25.7 Å². The van der Waals surface area contributed by atoms with Crippen molar-refractivity contribution in [2.24, 2.45) is 29.4 Å². The number of hydrogen-bond acceptors (Lipinski definition) is 2. The van der Waals surface area contributed by atoms with Crippen molar-refractivity contribution < 1.29 is 4.79 Å². The molecule has 0 saturated heterocycles. The molecule has 0 aromatic carbocycles. The number of amides is 1. The first-order valence-corrected chi connectivity index (χ1v) is 8.75. The molecule has 1 amide bonds. The Bertz CT molecular complexity index is 344. The molecule has 3 N–H and O–H groups in total. The van der Waals surface area contributed by atoms with E-state index < -0.39 is 0 Å². The highest BCUT2D eigenvalue weighted by Crippen LogP contribution is 2.42. The molecule has 0 aliphatic heterocycles. The van der Waals surface area contributed by atoms with Gasteiger partial charge >= 0.3 is 0 Å². The summed E-state index contributed by atoms with van der Waals surface area (Å²) in [6.07, 6.45) is 12.6. The van der Waals surface area contributed by atoms with E-state index in [0.717, 1.165) is 44.1 Å². The van der Waals surface area contributed by atoms with E-state index in [1.165, 1.54) is 38.5 Å². The largest absolute Gasteiger partial charge is 0.356 e. The molecule has 3 aliphatic carbocycles. The van der Waals surface area contributed by atoms with Gasteiger partial charge in [-0.05, 0) is 56.3 Å². The quantitative estimate of drug-likeness (QED) is 0.834. The number of carbonyl (C=O) groups is 1. The lowest BCUT2D eigenvalue weighted by molar-refractivity contribution is -0.127. The highest BCUT2D eigenvalue weighted by molar-refractivity contribution is 5.78. The molecule has 0 bridgehead atoms. The van der Waals surface area contributed by atoms with E-state index >= 15 is 0 Å². The molecule has 5 unspecified atom stereocenters. The van der Waals surface area contributed by atoms with Crippen LogP contribution in [0.5, 0.6) is 0 Å². The van der Waals surface area contributed by atoms with Gasteiger partial charge < -0.3 is 11.1 Å². The average molecular weight is 278 g/mol. The fourth-order valence-electron chi connectivity index (χ4n) is 4.80. The molecule has 114 valence electrons. The smallest absolute Gasteiger partial charge is 0.223 e. The zero-order valence-corrected chi connectivity index (χ0v) is 12.7. The van der Waals surface area contributed by atoms with Crippen LogP contribution < -0.4 is 11.1 Å². The van der Waals surface area contributed by atoms with Gasteiger partial charge in [-0.25, -0.2) is 0 Å². The third-order valence-electron chi connectivity index (χ3n) is 6.06. The third kappa shape index (κ3) is 3.36. The molecule has 0 aromatic rings. The number of rotatable bonds is 3. The molecule has 3 saturated carbocycles. The minimum absolute atomic E-state index is 0.296. The van der Waals surface area contributed by atoms with Crippen LogP contribution in [-0.4, -0.2) is 18.5 Å². The first-order chi connectivity index (χ1) is 9.72. The first-order valence-electron chi connectivity index (χ1n) is 8.75. The molecule has 0 radical (unpaired) electrons. The van der Waals surface area contributed by atoms with E-state index in [1.807, 2.05) is 0 Å². The van der Waals surface area contributed by atoms with Crippen LogP contribution in [0.2, 0.25) is 0 Å². The van der Waals surface area contributed by atoms with Crippen LogP contribution in [0.15, 0.2) is 0 Å². The molecule has 3 fully saturated rings. The number of nitrogens with two attached hydrogens (primary N) is 1. The van der Waals surface area contributed by atoms with Gasteiger partial charge in [-0.3, -0.25) is 4.79 Å². The lowest BCUT2D eigenvalue weighted by Gasteiger charge is -2.38. The summed E-state index contributed by atoms with van der Waals surface area (Å²) in [4.78, 5) is 12.4. The van der Waals surface area contributed by atoms with Gasteiger partial charge in [-0.15, -0.1) is 0 Å². The van der Waals surface area contributed by atoms with Crippen molar-refractivity contribution in [3.05, 3.63) is 0 Å². The molecule has 20 heavy (non-hydrogen) atoms. The molecule has 3 aliphatic rings. The lowest BCUT2D eigenvalue weighted by Crippen LogP contribution is -2.39. The number of carbonyl (C=O) groups excluding carboxylic acids is 1. The van der Waals surface area contributed by atoms with Crippen LogP contribution >= 0.6 is 0 Å². The number of fused-ring (bicyclic) bond motifs is 1. The van der Waals surface area contributed by atoms with Crippen molar-refractivity contribution in [3.63, 3.8) is 0 Å². The maximum Gasteiger partial charge on any atom is 0.223 e. The topological polar surface area (TPSA) is 55.1 Å².